The Hall–Kier alpha value is -4.62. The van der Waals surface area contributed by atoms with Gasteiger partial charge in [0.05, 0.1) is 80.6 Å². The molecule has 0 saturated carbocycles. The van der Waals surface area contributed by atoms with Gasteiger partial charge in [-0.3, -0.25) is 19.0 Å². The molecule has 0 saturated heterocycles. The molecule has 0 radical (unpaired) electrons. The van der Waals surface area contributed by atoms with Gasteiger partial charge < -0.3 is 9.47 Å². The predicted molar refractivity (Wildman–Crippen MR) is 176 cm³/mol. The molecule has 2 heterocycles. The second-order valence-electron chi connectivity index (χ2n) is 9.63. The van der Waals surface area contributed by atoms with Gasteiger partial charge in [-0.15, -0.1) is 0 Å². The minimum absolute atomic E-state index is 0.00271. The lowest BCUT2D eigenvalue weighted by atomic mass is 10.1. The Kier molecular flexibility index (Phi) is 15.1. The number of hydrogen-bond acceptors (Lipinski definition) is 10. The number of alkyl halides is 1. The summed E-state index contributed by atoms with van der Waals surface area (Å²) in [5, 5.41) is 0.431. The third-order valence-electron chi connectivity index (χ3n) is 5.79. The maximum Gasteiger partial charge on any atom is 0.337 e. The number of nitrogens with zero attached hydrogens (tertiary/aromatic N) is 3. The van der Waals surface area contributed by atoms with Gasteiger partial charge in [0.15, 0.2) is 0 Å². The number of halogens is 5. The van der Waals surface area contributed by atoms with E-state index in [0.717, 1.165) is 60.7 Å². The highest BCUT2D eigenvalue weighted by Crippen LogP contribution is 2.22. The lowest BCUT2D eigenvalue weighted by Gasteiger charge is -2.22. The Labute approximate surface area is 288 Å². The molecule has 49 heavy (non-hydrogen) atoms. The predicted octanol–water partition coefficient (Wildman–Crippen LogP) is 5.21. The van der Waals surface area contributed by atoms with Gasteiger partial charge in [-0.05, 0) is 29.8 Å². The van der Waals surface area contributed by atoms with E-state index in [2.05, 4.69) is 40.1 Å². The molecule has 0 aliphatic rings. The maximum absolute atomic E-state index is 14.2. The number of aromatic nitrogens is 2. The van der Waals surface area contributed by atoms with E-state index in [4.69, 9.17) is 0 Å². The summed E-state index contributed by atoms with van der Waals surface area (Å²) in [7, 11) is -4.74. The molecule has 12 nitrogen and oxygen atoms in total. The molecule has 0 aliphatic carbocycles. The lowest BCUT2D eigenvalue weighted by Crippen LogP contribution is -2.30. The van der Waals surface area contributed by atoms with Crippen LogP contribution in [-0.2, 0) is 41.4 Å². The second-order valence-corrected chi connectivity index (χ2v) is 13.8. The summed E-state index contributed by atoms with van der Waals surface area (Å²) in [6, 6.07) is 9.82. The summed E-state index contributed by atoms with van der Waals surface area (Å²) in [6.07, 6.45) is 6.20. The SMILES string of the molecule is COC(=O)c1ccc(CBr)c(F)c1.COC(=O)c1ccc(CN(c2cncc(F)c2)S(C)(=O)=O)c(F)c1.CS(=O)(=O)Nc1cncc(F)c1. The van der Waals surface area contributed by atoms with Gasteiger partial charge in [0.1, 0.15) is 23.3 Å². The number of hydrogen-bond donors (Lipinski definition) is 1. The van der Waals surface area contributed by atoms with Crippen molar-refractivity contribution >= 4 is 59.3 Å². The van der Waals surface area contributed by atoms with Crippen molar-refractivity contribution in [3.05, 3.63) is 119 Å². The monoisotopic (exact) mass is 792 g/mol. The van der Waals surface area contributed by atoms with Crippen LogP contribution in [0.4, 0.5) is 28.9 Å². The van der Waals surface area contributed by atoms with E-state index in [-0.39, 0.29) is 34.6 Å². The first-order valence-electron chi connectivity index (χ1n) is 13.3. The fourth-order valence-electron chi connectivity index (χ4n) is 3.59. The zero-order valence-corrected chi connectivity index (χ0v) is 29.4. The summed E-state index contributed by atoms with van der Waals surface area (Å²) in [6.45, 7) is -0.378. The Balaban J connectivity index is 0.000000281. The van der Waals surface area contributed by atoms with Gasteiger partial charge in [0.2, 0.25) is 20.0 Å². The summed E-state index contributed by atoms with van der Waals surface area (Å²) in [5.41, 5.74) is 0.846. The van der Waals surface area contributed by atoms with E-state index in [1.807, 2.05) is 0 Å². The number of carbonyl (C=O) groups excluding carboxylic acids is 2. The van der Waals surface area contributed by atoms with E-state index in [1.165, 1.54) is 37.6 Å². The van der Waals surface area contributed by atoms with Crippen molar-refractivity contribution in [1.29, 1.82) is 0 Å². The van der Waals surface area contributed by atoms with Crippen LogP contribution in [0.5, 0.6) is 0 Å². The van der Waals surface area contributed by atoms with Gasteiger partial charge in [-0.2, -0.15) is 0 Å². The number of methoxy groups -OCH3 is 2. The minimum Gasteiger partial charge on any atom is -0.465 e. The van der Waals surface area contributed by atoms with Crippen LogP contribution < -0.4 is 9.03 Å². The largest absolute Gasteiger partial charge is 0.465 e. The summed E-state index contributed by atoms with van der Waals surface area (Å²) in [4.78, 5) is 29.4. The van der Waals surface area contributed by atoms with E-state index < -0.39 is 55.3 Å². The van der Waals surface area contributed by atoms with E-state index in [0.29, 0.717) is 10.9 Å². The first-order valence-corrected chi connectivity index (χ1v) is 18.2. The Bertz CT molecular complexity index is 2010. The molecule has 0 atom stereocenters. The van der Waals surface area contributed by atoms with Crippen molar-refractivity contribution in [3.8, 4) is 0 Å². The minimum atomic E-state index is -3.81. The molecule has 2 aromatic heterocycles. The number of anilines is 2. The average Bonchev–Trinajstić information content (AvgIpc) is 3.02. The van der Waals surface area contributed by atoms with Crippen molar-refractivity contribution in [2.24, 2.45) is 0 Å². The third-order valence-corrected chi connectivity index (χ3v) is 8.14. The molecule has 0 amide bonds. The number of esters is 2. The summed E-state index contributed by atoms with van der Waals surface area (Å²) >= 11 is 3.13. The van der Waals surface area contributed by atoms with Crippen molar-refractivity contribution in [1.82, 2.24) is 9.97 Å². The molecule has 264 valence electrons. The second kappa shape index (κ2) is 18.2. The van der Waals surface area contributed by atoms with Crippen LogP contribution >= 0.6 is 15.9 Å². The van der Waals surface area contributed by atoms with Crippen LogP contribution in [0, 0.1) is 23.3 Å². The molecule has 1 N–H and O–H groups in total. The van der Waals surface area contributed by atoms with E-state index in [1.54, 1.807) is 6.07 Å². The Morgan fingerprint density at radius 2 is 1.24 bits per heavy atom. The molecule has 0 aliphatic heterocycles. The number of pyridine rings is 2. The van der Waals surface area contributed by atoms with Gasteiger partial charge in [0, 0.05) is 23.0 Å². The lowest BCUT2D eigenvalue weighted by molar-refractivity contribution is 0.0591. The zero-order chi connectivity index (χ0) is 36.9. The first kappa shape index (κ1) is 40.6. The smallest absolute Gasteiger partial charge is 0.337 e. The number of sulfonamides is 2. The highest BCUT2D eigenvalue weighted by molar-refractivity contribution is 9.08. The van der Waals surface area contributed by atoms with Crippen LogP contribution in [0.1, 0.15) is 31.8 Å². The van der Waals surface area contributed by atoms with Gasteiger partial charge >= 0.3 is 11.9 Å². The molecule has 0 spiro atoms. The summed E-state index contributed by atoms with van der Waals surface area (Å²) in [5.74, 6) is -3.73. The molecule has 4 aromatic rings. The summed E-state index contributed by atoms with van der Waals surface area (Å²) < 4.78 is 110. The van der Waals surface area contributed by atoms with Crippen LogP contribution in [0.2, 0.25) is 0 Å². The molecule has 0 fully saturated rings. The van der Waals surface area contributed by atoms with Gasteiger partial charge in [-0.1, -0.05) is 28.1 Å². The zero-order valence-electron chi connectivity index (χ0n) is 26.2. The molecule has 19 heteroatoms. The van der Waals surface area contributed by atoms with Crippen LogP contribution in [0.3, 0.4) is 0 Å². The van der Waals surface area contributed by atoms with Crippen LogP contribution in [0.15, 0.2) is 73.3 Å². The van der Waals surface area contributed by atoms with E-state index in [9.17, 15) is 44.0 Å². The Morgan fingerprint density at radius 1 is 0.755 bits per heavy atom. The molecular weight excluding hydrogens is 764 g/mol. The fourth-order valence-corrected chi connectivity index (χ4v) is 5.45. The van der Waals surface area contributed by atoms with E-state index >= 15 is 0 Å². The van der Waals surface area contributed by atoms with Crippen molar-refractivity contribution < 1.29 is 53.5 Å². The average molecular weight is 794 g/mol. The third kappa shape index (κ3) is 13.4. The molecular formula is C30H29BrF4N4O8S2. The van der Waals surface area contributed by atoms with Gasteiger partial charge in [0.25, 0.3) is 0 Å². The standard InChI is InChI=1S/C15H14F2N2O4S.C9H8BrFO2.C6H7FN2O2S/c1-23-15(20)10-3-4-11(14(17)5-10)9-19(24(2,21)22)13-6-12(16)7-18-8-13;1-13-9(12)6-2-3-7(5-10)8(11)4-6;1-12(10,11)9-6-2-5(7)3-8-4-6/h3-8H,9H2,1-2H3;2-4H,5H2,1H3;2-4,9H,1H3. The number of nitrogens with one attached hydrogen (secondary N) is 1. The van der Waals surface area contributed by atoms with Crippen LogP contribution in [-0.4, -0.2) is 65.5 Å². The quantitative estimate of drug-likeness (QED) is 0.135. The Morgan fingerprint density at radius 3 is 1.65 bits per heavy atom. The number of rotatable bonds is 9. The number of ether oxygens (including phenoxy) is 2. The topological polar surface area (TPSA) is 162 Å². The van der Waals surface area contributed by atoms with Gasteiger partial charge in [-0.25, -0.2) is 44.0 Å². The number of carbonyl (C=O) groups is 2. The van der Waals surface area contributed by atoms with Crippen molar-refractivity contribution in [2.45, 2.75) is 11.9 Å². The van der Waals surface area contributed by atoms with Crippen molar-refractivity contribution in [2.75, 3.05) is 35.8 Å². The molecule has 0 bridgehead atoms. The van der Waals surface area contributed by atoms with Crippen LogP contribution in [0.25, 0.3) is 0 Å². The number of benzene rings is 2. The highest BCUT2D eigenvalue weighted by Gasteiger charge is 2.21. The highest BCUT2D eigenvalue weighted by atomic mass is 79.9. The molecule has 0 unspecified atom stereocenters. The molecule has 4 rings (SSSR count). The maximum atomic E-state index is 14.2. The van der Waals surface area contributed by atoms with Crippen molar-refractivity contribution in [3.63, 3.8) is 0 Å². The fraction of sp³-hybridized carbons (Fsp3) is 0.200. The molecule has 2 aromatic carbocycles. The first-order chi connectivity index (χ1) is 22.9. The normalized spacial score (nSPS) is 10.8.